The van der Waals surface area contributed by atoms with E-state index in [4.69, 9.17) is 5.26 Å². The Kier molecular flexibility index (Phi) is 5.53. The molecule has 1 N–H and O–H groups in total. The van der Waals surface area contributed by atoms with Gasteiger partial charge in [-0.05, 0) is 26.4 Å². The van der Waals surface area contributed by atoms with Crippen LogP contribution in [0.5, 0.6) is 0 Å². The molecule has 5 heteroatoms. The van der Waals surface area contributed by atoms with E-state index >= 15 is 0 Å². The summed E-state index contributed by atoms with van der Waals surface area (Å²) in [5.41, 5.74) is 0.341. The molecule has 1 heterocycles. The summed E-state index contributed by atoms with van der Waals surface area (Å²) in [4.78, 5) is 10.3. The fraction of sp³-hybridized carbons (Fsp3) is 0.615. The average Bonchev–Trinajstić information content (AvgIpc) is 2.28. The first-order chi connectivity index (χ1) is 8.51. The lowest BCUT2D eigenvalue weighted by atomic mass is 10.0. The second kappa shape index (κ2) is 6.92. The summed E-state index contributed by atoms with van der Waals surface area (Å²) in [6.07, 6.45) is 4.17. The Bertz CT molecular complexity index is 381. The van der Waals surface area contributed by atoms with E-state index in [-0.39, 0.29) is 0 Å². The molecule has 0 bridgehead atoms. The molecule has 0 amide bonds. The molecule has 0 aliphatic carbocycles. The Morgan fingerprint density at radius 3 is 2.50 bits per heavy atom. The minimum absolute atomic E-state index is 0.335. The largest absolute Gasteiger partial charge is 0.365 e. The molecule has 0 spiro atoms. The number of nitriles is 1. The van der Waals surface area contributed by atoms with Crippen molar-refractivity contribution in [3.63, 3.8) is 0 Å². The van der Waals surface area contributed by atoms with Crippen LogP contribution in [0.15, 0.2) is 12.4 Å². The van der Waals surface area contributed by atoms with Gasteiger partial charge in [0.2, 0.25) is 0 Å². The zero-order valence-electron chi connectivity index (χ0n) is 11.5. The SMILES string of the molecule is CC(C)CC(CN(C)C)Nc1cnc(C#N)cn1. The fourth-order valence-corrected chi connectivity index (χ4v) is 1.86. The molecule has 1 unspecified atom stereocenters. The molecule has 0 aliphatic heterocycles. The highest BCUT2D eigenvalue weighted by molar-refractivity contribution is 5.34. The van der Waals surface area contributed by atoms with Gasteiger partial charge in [-0.1, -0.05) is 13.8 Å². The van der Waals surface area contributed by atoms with Crippen molar-refractivity contribution in [1.29, 1.82) is 5.26 Å². The summed E-state index contributed by atoms with van der Waals surface area (Å²) in [7, 11) is 4.11. The van der Waals surface area contributed by atoms with Gasteiger partial charge in [-0.15, -0.1) is 0 Å². The maximum absolute atomic E-state index is 8.67. The maximum Gasteiger partial charge on any atom is 0.158 e. The van der Waals surface area contributed by atoms with Crippen LogP contribution in [0, 0.1) is 17.2 Å². The molecule has 0 radical (unpaired) electrons. The van der Waals surface area contributed by atoms with Gasteiger partial charge < -0.3 is 10.2 Å². The third-order valence-electron chi connectivity index (χ3n) is 2.46. The van der Waals surface area contributed by atoms with Crippen molar-refractivity contribution in [2.24, 2.45) is 5.92 Å². The number of aromatic nitrogens is 2. The summed E-state index contributed by atoms with van der Waals surface area (Å²) in [5.74, 6) is 1.34. The molecule has 1 rings (SSSR count). The molecule has 1 aromatic heterocycles. The van der Waals surface area contributed by atoms with Gasteiger partial charge in [0, 0.05) is 12.6 Å². The molecule has 5 nitrogen and oxygen atoms in total. The molecule has 0 aromatic carbocycles. The molecule has 1 aromatic rings. The standard InChI is InChI=1S/C13H21N5/c1-10(2)5-11(9-18(3)4)17-13-8-15-12(6-14)7-16-13/h7-8,10-11H,5,9H2,1-4H3,(H,16,17). The van der Waals surface area contributed by atoms with Crippen LogP contribution in [0.25, 0.3) is 0 Å². The van der Waals surface area contributed by atoms with Crippen LogP contribution < -0.4 is 5.32 Å². The van der Waals surface area contributed by atoms with Crippen LogP contribution in [-0.4, -0.2) is 41.5 Å². The number of hydrogen-bond acceptors (Lipinski definition) is 5. The Balaban J connectivity index is 2.66. The van der Waals surface area contributed by atoms with Gasteiger partial charge in [0.15, 0.2) is 5.69 Å². The minimum Gasteiger partial charge on any atom is -0.365 e. The summed E-state index contributed by atoms with van der Waals surface area (Å²) in [6, 6.07) is 2.30. The second-order valence-electron chi connectivity index (χ2n) is 5.13. The van der Waals surface area contributed by atoms with Crippen molar-refractivity contribution >= 4 is 5.82 Å². The van der Waals surface area contributed by atoms with Gasteiger partial charge in [0.05, 0.1) is 12.4 Å². The summed E-state index contributed by atoms with van der Waals surface area (Å²) in [6.45, 7) is 5.35. The Morgan fingerprint density at radius 1 is 1.33 bits per heavy atom. The fourth-order valence-electron chi connectivity index (χ4n) is 1.86. The van der Waals surface area contributed by atoms with Crippen molar-refractivity contribution in [1.82, 2.24) is 14.9 Å². The lowest BCUT2D eigenvalue weighted by Crippen LogP contribution is -2.33. The van der Waals surface area contributed by atoms with E-state index in [9.17, 15) is 0 Å². The van der Waals surface area contributed by atoms with Crippen LogP contribution in [0.1, 0.15) is 26.0 Å². The minimum atomic E-state index is 0.335. The predicted octanol–water partition coefficient (Wildman–Crippen LogP) is 1.74. The topological polar surface area (TPSA) is 64.8 Å². The van der Waals surface area contributed by atoms with Crippen LogP contribution in [0.3, 0.4) is 0 Å². The Labute approximate surface area is 109 Å². The molecule has 0 aliphatic rings. The highest BCUT2D eigenvalue weighted by Gasteiger charge is 2.12. The highest BCUT2D eigenvalue weighted by atomic mass is 15.1. The highest BCUT2D eigenvalue weighted by Crippen LogP contribution is 2.11. The van der Waals surface area contributed by atoms with Crippen molar-refractivity contribution in [2.45, 2.75) is 26.3 Å². The predicted molar refractivity (Wildman–Crippen MR) is 72.2 cm³/mol. The van der Waals surface area contributed by atoms with Crippen LogP contribution in [0.2, 0.25) is 0 Å². The quantitative estimate of drug-likeness (QED) is 0.829. The van der Waals surface area contributed by atoms with Crippen LogP contribution >= 0.6 is 0 Å². The molecule has 1 atom stereocenters. The number of nitrogens with one attached hydrogen (secondary N) is 1. The summed E-state index contributed by atoms with van der Waals surface area (Å²) in [5, 5.41) is 12.0. The molecular weight excluding hydrogens is 226 g/mol. The smallest absolute Gasteiger partial charge is 0.158 e. The van der Waals surface area contributed by atoms with E-state index in [1.807, 2.05) is 6.07 Å². The number of anilines is 1. The molecule has 18 heavy (non-hydrogen) atoms. The van der Waals surface area contributed by atoms with Crippen LogP contribution in [-0.2, 0) is 0 Å². The van der Waals surface area contributed by atoms with Gasteiger partial charge in [-0.2, -0.15) is 5.26 Å². The summed E-state index contributed by atoms with van der Waals surface area (Å²) >= 11 is 0. The molecule has 0 fully saturated rings. The van der Waals surface area contributed by atoms with E-state index in [2.05, 4.69) is 48.1 Å². The normalized spacial score (nSPS) is 12.5. The molecule has 98 valence electrons. The van der Waals surface area contributed by atoms with Crippen molar-refractivity contribution in [2.75, 3.05) is 26.0 Å². The average molecular weight is 247 g/mol. The van der Waals surface area contributed by atoms with Crippen LogP contribution in [0.4, 0.5) is 5.82 Å². The number of hydrogen-bond donors (Lipinski definition) is 1. The van der Waals surface area contributed by atoms with Gasteiger partial charge in [0.25, 0.3) is 0 Å². The van der Waals surface area contributed by atoms with Gasteiger partial charge >= 0.3 is 0 Å². The summed E-state index contributed by atoms with van der Waals surface area (Å²) < 4.78 is 0. The molecule has 0 saturated carbocycles. The Morgan fingerprint density at radius 2 is 2.06 bits per heavy atom. The molecule has 0 saturated heterocycles. The van der Waals surface area contributed by atoms with Gasteiger partial charge in [-0.25, -0.2) is 9.97 Å². The first-order valence-corrected chi connectivity index (χ1v) is 6.14. The number of rotatable bonds is 6. The molecular formula is C13H21N5. The monoisotopic (exact) mass is 247 g/mol. The second-order valence-corrected chi connectivity index (χ2v) is 5.13. The lowest BCUT2D eigenvalue weighted by molar-refractivity contribution is 0.356. The van der Waals surface area contributed by atoms with E-state index < -0.39 is 0 Å². The van der Waals surface area contributed by atoms with Gasteiger partial charge in [0.1, 0.15) is 11.9 Å². The van der Waals surface area contributed by atoms with Crippen molar-refractivity contribution in [3.05, 3.63) is 18.1 Å². The first kappa shape index (κ1) is 14.4. The zero-order chi connectivity index (χ0) is 13.5. The van der Waals surface area contributed by atoms with Gasteiger partial charge in [-0.3, -0.25) is 0 Å². The van der Waals surface area contributed by atoms with E-state index in [0.29, 0.717) is 17.7 Å². The number of nitrogens with zero attached hydrogens (tertiary/aromatic N) is 4. The Hall–Kier alpha value is -1.67. The lowest BCUT2D eigenvalue weighted by Gasteiger charge is -2.24. The first-order valence-electron chi connectivity index (χ1n) is 6.14. The zero-order valence-corrected chi connectivity index (χ0v) is 11.5. The van der Waals surface area contributed by atoms with Crippen molar-refractivity contribution in [3.8, 4) is 6.07 Å². The third kappa shape index (κ3) is 5.11. The maximum atomic E-state index is 8.67. The third-order valence-corrected chi connectivity index (χ3v) is 2.46. The van der Waals surface area contributed by atoms with E-state index in [1.54, 1.807) is 6.20 Å². The van der Waals surface area contributed by atoms with E-state index in [0.717, 1.165) is 18.8 Å². The van der Waals surface area contributed by atoms with Crippen molar-refractivity contribution < 1.29 is 0 Å². The number of likely N-dealkylation sites (N-methyl/N-ethyl adjacent to an activating group) is 1. The van der Waals surface area contributed by atoms with E-state index in [1.165, 1.54) is 6.20 Å².